The van der Waals surface area contributed by atoms with Crippen molar-refractivity contribution >= 4 is 0 Å². The minimum absolute atomic E-state index is 0.808. The highest BCUT2D eigenvalue weighted by atomic mass is 15.2. The second-order valence-corrected chi connectivity index (χ2v) is 5.63. The minimum Gasteiger partial charge on any atom is -0.299 e. The van der Waals surface area contributed by atoms with Gasteiger partial charge in [0, 0.05) is 31.5 Å². The summed E-state index contributed by atoms with van der Waals surface area (Å²) in [4.78, 5) is 9.44. The minimum atomic E-state index is 0.808. The zero-order valence-corrected chi connectivity index (χ0v) is 11.1. The molecule has 0 amide bonds. The monoisotopic (exact) mass is 245 g/mol. The Hall–Kier alpha value is -0.930. The van der Waals surface area contributed by atoms with Gasteiger partial charge in [0.05, 0.1) is 0 Å². The van der Waals surface area contributed by atoms with Crippen LogP contribution < -0.4 is 0 Å². The Morgan fingerprint density at radius 2 is 1.89 bits per heavy atom. The molecule has 1 aromatic rings. The van der Waals surface area contributed by atoms with E-state index in [2.05, 4.69) is 26.9 Å². The van der Waals surface area contributed by atoms with E-state index in [-0.39, 0.29) is 0 Å². The summed E-state index contributed by atoms with van der Waals surface area (Å²) in [5.41, 5.74) is 1.40. The highest BCUT2D eigenvalue weighted by Crippen LogP contribution is 2.21. The van der Waals surface area contributed by atoms with Gasteiger partial charge in [0.2, 0.25) is 0 Å². The highest BCUT2D eigenvalue weighted by molar-refractivity contribution is 5.09. The van der Waals surface area contributed by atoms with Gasteiger partial charge in [-0.25, -0.2) is 0 Å². The largest absolute Gasteiger partial charge is 0.299 e. The van der Waals surface area contributed by atoms with Gasteiger partial charge >= 0.3 is 0 Å². The third-order valence-corrected chi connectivity index (χ3v) is 4.29. The molecule has 0 aliphatic carbocycles. The van der Waals surface area contributed by atoms with E-state index < -0.39 is 0 Å². The summed E-state index contributed by atoms with van der Waals surface area (Å²) >= 11 is 0. The van der Waals surface area contributed by atoms with Crippen molar-refractivity contribution in [3.63, 3.8) is 0 Å². The first-order valence-electron chi connectivity index (χ1n) is 7.27. The normalized spacial score (nSPS) is 26.6. The van der Waals surface area contributed by atoms with E-state index in [1.807, 2.05) is 12.4 Å². The molecule has 2 saturated heterocycles. The Labute approximate surface area is 110 Å². The molecule has 0 aromatic carbocycles. The van der Waals surface area contributed by atoms with Crippen molar-refractivity contribution in [2.24, 2.45) is 0 Å². The molecule has 3 heteroatoms. The molecule has 0 spiro atoms. The first-order valence-corrected chi connectivity index (χ1v) is 7.27. The molecular weight excluding hydrogens is 222 g/mol. The number of fused-ring (bicyclic) bond motifs is 1. The van der Waals surface area contributed by atoms with Crippen molar-refractivity contribution in [3.05, 3.63) is 30.1 Å². The summed E-state index contributed by atoms with van der Waals surface area (Å²) in [7, 11) is 0. The quantitative estimate of drug-likeness (QED) is 0.796. The van der Waals surface area contributed by atoms with Gasteiger partial charge in [0.1, 0.15) is 0 Å². The lowest BCUT2D eigenvalue weighted by molar-refractivity contribution is 0.135. The zero-order valence-electron chi connectivity index (χ0n) is 11.1. The molecule has 1 atom stereocenters. The van der Waals surface area contributed by atoms with E-state index in [0.29, 0.717) is 0 Å². The highest BCUT2D eigenvalue weighted by Gasteiger charge is 2.26. The van der Waals surface area contributed by atoms with Crippen LogP contribution in [-0.4, -0.2) is 47.0 Å². The summed E-state index contributed by atoms with van der Waals surface area (Å²) < 4.78 is 0. The molecule has 3 rings (SSSR count). The number of hydrogen-bond donors (Lipinski definition) is 0. The van der Waals surface area contributed by atoms with E-state index >= 15 is 0 Å². The molecule has 2 aliphatic rings. The Balaban J connectivity index is 1.63. The second kappa shape index (κ2) is 5.81. The first-order chi connectivity index (χ1) is 8.92. The fraction of sp³-hybridized carbons (Fsp3) is 0.667. The zero-order chi connectivity index (χ0) is 12.2. The summed E-state index contributed by atoms with van der Waals surface area (Å²) in [6.45, 7) is 6.22. The molecule has 3 nitrogen and oxygen atoms in total. The van der Waals surface area contributed by atoms with Crippen LogP contribution in [0.4, 0.5) is 0 Å². The van der Waals surface area contributed by atoms with Crippen LogP contribution in [0, 0.1) is 0 Å². The van der Waals surface area contributed by atoms with Crippen LogP contribution >= 0.6 is 0 Å². The Morgan fingerprint density at radius 1 is 1.06 bits per heavy atom. The molecule has 18 heavy (non-hydrogen) atoms. The van der Waals surface area contributed by atoms with Gasteiger partial charge in [0.15, 0.2) is 0 Å². The van der Waals surface area contributed by atoms with Crippen molar-refractivity contribution in [3.8, 4) is 0 Å². The Morgan fingerprint density at radius 3 is 2.78 bits per heavy atom. The number of nitrogens with zero attached hydrogens (tertiary/aromatic N) is 3. The van der Waals surface area contributed by atoms with Crippen LogP contribution in [0.3, 0.4) is 0 Å². The average molecular weight is 245 g/mol. The summed E-state index contributed by atoms with van der Waals surface area (Å²) in [6, 6.07) is 5.09. The maximum Gasteiger partial charge on any atom is 0.0271 e. The molecule has 0 saturated carbocycles. The van der Waals surface area contributed by atoms with E-state index in [1.165, 1.54) is 57.4 Å². The maximum absolute atomic E-state index is 4.10. The van der Waals surface area contributed by atoms with Crippen LogP contribution in [-0.2, 0) is 6.54 Å². The van der Waals surface area contributed by atoms with Crippen LogP contribution in [0.25, 0.3) is 0 Å². The SMILES string of the molecule is c1cc(CN2CCCN3CCCCC3C2)ccn1. The molecule has 0 N–H and O–H groups in total. The van der Waals surface area contributed by atoms with E-state index in [4.69, 9.17) is 0 Å². The predicted molar refractivity (Wildman–Crippen MR) is 73.3 cm³/mol. The molecule has 1 unspecified atom stereocenters. The van der Waals surface area contributed by atoms with E-state index in [1.54, 1.807) is 0 Å². The number of piperidine rings is 1. The van der Waals surface area contributed by atoms with Gasteiger partial charge in [0.25, 0.3) is 0 Å². The second-order valence-electron chi connectivity index (χ2n) is 5.63. The Kier molecular flexibility index (Phi) is 3.91. The van der Waals surface area contributed by atoms with Gasteiger partial charge < -0.3 is 0 Å². The lowest BCUT2D eigenvalue weighted by Gasteiger charge is -2.35. The molecule has 1 aromatic heterocycles. The molecular formula is C15H23N3. The smallest absolute Gasteiger partial charge is 0.0271 e. The summed E-state index contributed by atoms with van der Waals surface area (Å²) in [5.74, 6) is 0. The standard InChI is InChI=1S/C15H23N3/c1-2-10-18-11-3-9-17(13-15(18)4-1)12-14-5-7-16-8-6-14/h5-8,15H,1-4,9-13H2. The number of aromatic nitrogens is 1. The molecule has 2 aliphatic heterocycles. The van der Waals surface area contributed by atoms with Gasteiger partial charge in [-0.3, -0.25) is 14.8 Å². The summed E-state index contributed by atoms with van der Waals surface area (Å²) in [6.07, 6.45) is 9.35. The number of hydrogen-bond acceptors (Lipinski definition) is 3. The van der Waals surface area contributed by atoms with Crippen LogP contribution in [0.5, 0.6) is 0 Å². The number of pyridine rings is 1. The molecule has 3 heterocycles. The summed E-state index contributed by atoms with van der Waals surface area (Å²) in [5, 5.41) is 0. The van der Waals surface area contributed by atoms with Gasteiger partial charge in [-0.05, 0) is 56.6 Å². The molecule has 2 fully saturated rings. The van der Waals surface area contributed by atoms with Crippen LogP contribution in [0.15, 0.2) is 24.5 Å². The maximum atomic E-state index is 4.10. The third-order valence-electron chi connectivity index (χ3n) is 4.29. The molecule has 98 valence electrons. The van der Waals surface area contributed by atoms with Crippen LogP contribution in [0.2, 0.25) is 0 Å². The van der Waals surface area contributed by atoms with E-state index in [0.717, 1.165) is 12.6 Å². The van der Waals surface area contributed by atoms with Crippen molar-refractivity contribution in [1.29, 1.82) is 0 Å². The van der Waals surface area contributed by atoms with Crippen LogP contribution in [0.1, 0.15) is 31.2 Å². The van der Waals surface area contributed by atoms with Crippen molar-refractivity contribution in [2.45, 2.75) is 38.3 Å². The van der Waals surface area contributed by atoms with Crippen molar-refractivity contribution in [1.82, 2.24) is 14.8 Å². The van der Waals surface area contributed by atoms with Gasteiger partial charge in [-0.1, -0.05) is 6.42 Å². The van der Waals surface area contributed by atoms with Gasteiger partial charge in [-0.2, -0.15) is 0 Å². The predicted octanol–water partition coefficient (Wildman–Crippen LogP) is 2.14. The molecule has 0 radical (unpaired) electrons. The Bertz CT molecular complexity index is 365. The van der Waals surface area contributed by atoms with E-state index in [9.17, 15) is 0 Å². The lowest BCUT2D eigenvalue weighted by Crippen LogP contribution is -2.43. The number of rotatable bonds is 2. The van der Waals surface area contributed by atoms with Crippen molar-refractivity contribution < 1.29 is 0 Å². The topological polar surface area (TPSA) is 19.4 Å². The van der Waals surface area contributed by atoms with Gasteiger partial charge in [-0.15, -0.1) is 0 Å². The fourth-order valence-electron chi connectivity index (χ4n) is 3.34. The average Bonchev–Trinajstić information content (AvgIpc) is 2.61. The fourth-order valence-corrected chi connectivity index (χ4v) is 3.34. The first kappa shape index (κ1) is 12.1. The lowest BCUT2D eigenvalue weighted by atomic mass is 10.0. The third kappa shape index (κ3) is 2.90. The molecule has 0 bridgehead atoms. The van der Waals surface area contributed by atoms with Crippen molar-refractivity contribution in [2.75, 3.05) is 26.2 Å².